The second-order valence-corrected chi connectivity index (χ2v) is 3.71. The van der Waals surface area contributed by atoms with Crippen molar-refractivity contribution in [3.63, 3.8) is 0 Å². The standard InChI is InChI=1S/C13H12N6O/c1-3-9-6-11(4-5-12(9)20-2)15-8-10(7-14)13-16-18-19-17-13/h3-6,8,15H,1H2,2H3,(H,16,17,18,19). The van der Waals surface area contributed by atoms with Crippen molar-refractivity contribution >= 4 is 17.3 Å². The number of benzene rings is 1. The van der Waals surface area contributed by atoms with Gasteiger partial charge in [0.25, 0.3) is 0 Å². The molecule has 0 radical (unpaired) electrons. The number of nitrogens with zero attached hydrogens (tertiary/aromatic N) is 4. The van der Waals surface area contributed by atoms with Crippen LogP contribution >= 0.6 is 0 Å². The van der Waals surface area contributed by atoms with Gasteiger partial charge in [0.2, 0.25) is 5.82 Å². The molecule has 2 N–H and O–H groups in total. The van der Waals surface area contributed by atoms with Crippen LogP contribution in [0.25, 0.3) is 11.6 Å². The topological polar surface area (TPSA) is 99.5 Å². The van der Waals surface area contributed by atoms with E-state index in [9.17, 15) is 0 Å². The Kier molecular flexibility index (Phi) is 4.09. The third kappa shape index (κ3) is 2.81. The molecule has 2 rings (SSSR count). The van der Waals surface area contributed by atoms with E-state index in [0.29, 0.717) is 0 Å². The van der Waals surface area contributed by atoms with Gasteiger partial charge in [0.15, 0.2) is 0 Å². The maximum atomic E-state index is 9.04. The predicted octanol–water partition coefficient (Wildman–Crippen LogP) is 1.83. The maximum absolute atomic E-state index is 9.04. The number of nitrogens with one attached hydrogen (secondary N) is 2. The maximum Gasteiger partial charge on any atom is 0.216 e. The van der Waals surface area contributed by atoms with Crippen molar-refractivity contribution in [2.24, 2.45) is 0 Å². The van der Waals surface area contributed by atoms with Crippen LogP contribution in [0.15, 0.2) is 31.0 Å². The van der Waals surface area contributed by atoms with Crippen LogP contribution in [0.4, 0.5) is 5.69 Å². The van der Waals surface area contributed by atoms with Crippen molar-refractivity contribution in [1.82, 2.24) is 20.6 Å². The van der Waals surface area contributed by atoms with Crippen molar-refractivity contribution in [1.29, 1.82) is 5.26 Å². The van der Waals surface area contributed by atoms with Crippen LogP contribution in [-0.2, 0) is 0 Å². The van der Waals surface area contributed by atoms with E-state index in [2.05, 4.69) is 32.5 Å². The third-order valence-corrected chi connectivity index (χ3v) is 2.54. The predicted molar refractivity (Wildman–Crippen MR) is 74.5 cm³/mol. The Hall–Kier alpha value is -3.14. The Bertz CT molecular complexity index is 669. The highest BCUT2D eigenvalue weighted by Crippen LogP contribution is 2.23. The molecule has 0 atom stereocenters. The number of rotatable bonds is 5. The Morgan fingerprint density at radius 2 is 2.40 bits per heavy atom. The number of tetrazole rings is 1. The van der Waals surface area contributed by atoms with Gasteiger partial charge in [-0.25, -0.2) is 0 Å². The first kappa shape index (κ1) is 13.3. The van der Waals surface area contributed by atoms with Gasteiger partial charge in [0.05, 0.1) is 7.11 Å². The van der Waals surface area contributed by atoms with Crippen LogP contribution < -0.4 is 10.1 Å². The Labute approximate surface area is 115 Å². The van der Waals surface area contributed by atoms with Crippen LogP contribution in [0.3, 0.4) is 0 Å². The molecule has 0 amide bonds. The molecule has 1 aromatic carbocycles. The number of allylic oxidation sites excluding steroid dienone is 1. The van der Waals surface area contributed by atoms with Gasteiger partial charge < -0.3 is 10.1 Å². The molecule has 0 aliphatic heterocycles. The summed E-state index contributed by atoms with van der Waals surface area (Å²) < 4.78 is 5.20. The van der Waals surface area contributed by atoms with Gasteiger partial charge in [-0.15, -0.1) is 10.2 Å². The van der Waals surface area contributed by atoms with E-state index in [-0.39, 0.29) is 11.4 Å². The summed E-state index contributed by atoms with van der Waals surface area (Å²) in [6.45, 7) is 3.72. The van der Waals surface area contributed by atoms with Gasteiger partial charge in [0, 0.05) is 17.5 Å². The largest absolute Gasteiger partial charge is 0.496 e. The van der Waals surface area contributed by atoms with Gasteiger partial charge in [-0.05, 0) is 23.4 Å². The van der Waals surface area contributed by atoms with E-state index in [4.69, 9.17) is 10.00 Å². The fourth-order valence-electron chi connectivity index (χ4n) is 1.56. The zero-order valence-corrected chi connectivity index (χ0v) is 10.8. The van der Waals surface area contributed by atoms with E-state index in [0.717, 1.165) is 17.0 Å². The molecule has 0 bridgehead atoms. The molecule has 0 aliphatic carbocycles. The van der Waals surface area contributed by atoms with Crippen molar-refractivity contribution in [2.45, 2.75) is 0 Å². The van der Waals surface area contributed by atoms with Gasteiger partial charge in [-0.2, -0.15) is 10.5 Å². The number of hydrogen-bond acceptors (Lipinski definition) is 6. The SMILES string of the molecule is C=Cc1cc(NC=C(C#N)c2nn[nH]n2)ccc1OC. The molecule has 0 fully saturated rings. The van der Waals surface area contributed by atoms with Crippen LogP contribution in [0.1, 0.15) is 11.4 Å². The summed E-state index contributed by atoms with van der Waals surface area (Å²) in [7, 11) is 1.60. The number of methoxy groups -OCH3 is 1. The molecule has 1 aromatic heterocycles. The molecule has 0 unspecified atom stereocenters. The minimum Gasteiger partial charge on any atom is -0.496 e. The Balaban J connectivity index is 2.22. The number of nitriles is 1. The van der Waals surface area contributed by atoms with Crippen LogP contribution in [0, 0.1) is 11.3 Å². The average Bonchev–Trinajstić information content (AvgIpc) is 3.02. The average molecular weight is 268 g/mol. The van der Waals surface area contributed by atoms with Gasteiger partial charge >= 0.3 is 0 Å². The summed E-state index contributed by atoms with van der Waals surface area (Å²) in [5.74, 6) is 0.964. The first-order valence-corrected chi connectivity index (χ1v) is 5.69. The molecular weight excluding hydrogens is 256 g/mol. The zero-order chi connectivity index (χ0) is 14.4. The van der Waals surface area contributed by atoms with Crippen molar-refractivity contribution in [3.8, 4) is 11.8 Å². The minimum absolute atomic E-state index is 0.234. The zero-order valence-electron chi connectivity index (χ0n) is 10.8. The van der Waals surface area contributed by atoms with Crippen LogP contribution in [0.5, 0.6) is 5.75 Å². The van der Waals surface area contributed by atoms with E-state index in [1.807, 2.05) is 24.3 Å². The number of hydrogen-bond donors (Lipinski definition) is 2. The van der Waals surface area contributed by atoms with Crippen LogP contribution in [0.2, 0.25) is 0 Å². The molecule has 1 heterocycles. The van der Waals surface area contributed by atoms with Crippen LogP contribution in [-0.4, -0.2) is 27.7 Å². The lowest BCUT2D eigenvalue weighted by Gasteiger charge is -2.07. The number of aromatic amines is 1. The molecular formula is C13H12N6O. The first-order valence-electron chi connectivity index (χ1n) is 5.69. The molecule has 7 heteroatoms. The molecule has 7 nitrogen and oxygen atoms in total. The lowest BCUT2D eigenvalue weighted by Crippen LogP contribution is -1.94. The van der Waals surface area contributed by atoms with E-state index in [1.54, 1.807) is 13.2 Å². The van der Waals surface area contributed by atoms with Gasteiger partial charge in [-0.1, -0.05) is 12.7 Å². The summed E-state index contributed by atoms with van der Waals surface area (Å²) in [4.78, 5) is 0. The quantitative estimate of drug-likeness (QED) is 0.802. The highest BCUT2D eigenvalue weighted by Gasteiger charge is 2.06. The number of aromatic nitrogens is 4. The summed E-state index contributed by atoms with van der Waals surface area (Å²) in [5.41, 5.74) is 1.91. The highest BCUT2D eigenvalue weighted by molar-refractivity contribution is 5.74. The van der Waals surface area contributed by atoms with Gasteiger partial charge in [-0.3, -0.25) is 0 Å². The molecule has 0 saturated carbocycles. The second-order valence-electron chi connectivity index (χ2n) is 3.71. The molecule has 20 heavy (non-hydrogen) atoms. The fourth-order valence-corrected chi connectivity index (χ4v) is 1.56. The van der Waals surface area contributed by atoms with E-state index < -0.39 is 0 Å². The van der Waals surface area contributed by atoms with Crippen molar-refractivity contribution in [2.75, 3.05) is 12.4 Å². The normalized spacial score (nSPS) is 10.7. The van der Waals surface area contributed by atoms with Crippen molar-refractivity contribution in [3.05, 3.63) is 42.4 Å². The molecule has 0 saturated heterocycles. The number of H-pyrrole nitrogens is 1. The summed E-state index contributed by atoms with van der Waals surface area (Å²) in [5, 5.41) is 25.2. The first-order chi connectivity index (χ1) is 9.78. The Morgan fingerprint density at radius 3 is 3.00 bits per heavy atom. The molecule has 0 spiro atoms. The lowest BCUT2D eigenvalue weighted by molar-refractivity contribution is 0.414. The van der Waals surface area contributed by atoms with E-state index >= 15 is 0 Å². The molecule has 2 aromatic rings. The highest BCUT2D eigenvalue weighted by atomic mass is 16.5. The fraction of sp³-hybridized carbons (Fsp3) is 0.0769. The smallest absolute Gasteiger partial charge is 0.216 e. The van der Waals surface area contributed by atoms with Crippen molar-refractivity contribution < 1.29 is 4.74 Å². The summed E-state index contributed by atoms with van der Waals surface area (Å²) >= 11 is 0. The second kappa shape index (κ2) is 6.15. The number of ether oxygens (including phenoxy) is 1. The molecule has 100 valence electrons. The Morgan fingerprint density at radius 1 is 1.55 bits per heavy atom. The number of anilines is 1. The lowest BCUT2D eigenvalue weighted by atomic mass is 10.1. The third-order valence-electron chi connectivity index (χ3n) is 2.54. The van der Waals surface area contributed by atoms with Gasteiger partial charge in [0.1, 0.15) is 17.4 Å². The van der Waals surface area contributed by atoms with E-state index in [1.165, 1.54) is 6.20 Å². The molecule has 0 aliphatic rings. The monoisotopic (exact) mass is 268 g/mol. The summed E-state index contributed by atoms with van der Waals surface area (Å²) in [6, 6.07) is 7.49. The summed E-state index contributed by atoms with van der Waals surface area (Å²) in [6.07, 6.45) is 3.21. The minimum atomic E-state index is 0.234.